The van der Waals surface area contributed by atoms with Crippen molar-refractivity contribution in [3.05, 3.63) is 51.6 Å². The van der Waals surface area contributed by atoms with E-state index < -0.39 is 76.6 Å². The zero-order valence-corrected chi connectivity index (χ0v) is 21.8. The Morgan fingerprint density at radius 2 is 1.85 bits per heavy atom. The average molecular weight is 542 g/mol. The number of ketones is 3. The zero-order valence-electron chi connectivity index (χ0n) is 21.8. The van der Waals surface area contributed by atoms with Crippen LogP contribution in [0.5, 0.6) is 17.2 Å². The maximum atomic E-state index is 13.7. The van der Waals surface area contributed by atoms with Crippen molar-refractivity contribution in [3.63, 3.8) is 0 Å². The lowest BCUT2D eigenvalue weighted by molar-refractivity contribution is -0.245. The molecule has 0 aromatic heterocycles. The molecule has 1 aliphatic heterocycles. The largest absolute Gasteiger partial charge is 0.507 e. The van der Waals surface area contributed by atoms with Gasteiger partial charge in [-0.1, -0.05) is 12.1 Å². The van der Waals surface area contributed by atoms with E-state index in [9.17, 15) is 34.8 Å². The van der Waals surface area contributed by atoms with Crippen LogP contribution >= 0.6 is 0 Å². The van der Waals surface area contributed by atoms with Crippen LogP contribution in [-0.2, 0) is 20.7 Å². The summed E-state index contributed by atoms with van der Waals surface area (Å²) in [6.07, 6.45) is -3.42. The minimum atomic E-state index is -1.97. The highest BCUT2D eigenvalue weighted by Crippen LogP contribution is 2.52. The molecule has 1 saturated heterocycles. The van der Waals surface area contributed by atoms with E-state index in [1.165, 1.54) is 32.2 Å². The number of carbonyl (C=O) groups is 3. The number of ether oxygens (including phenoxy) is 3. The first-order valence-electron chi connectivity index (χ1n) is 12.8. The van der Waals surface area contributed by atoms with Crippen molar-refractivity contribution in [2.75, 3.05) is 20.7 Å². The molecule has 1 unspecified atom stereocenters. The standard InChI is InChI=1S/C28H31NO10/c1-12(30)28(36)9-14-21(17(10-28)38-19-8-7-15(31)18(39-19)11-29-2)27(35)23-22(25(14)33)24(32)13-5-4-6-16(37-3)20(13)26(23)34/h4-6,15,17-19,29,31,33,35-36H,7-11H2,1-3H3/t15-,17-,18?,19+,28-/m0/s1. The maximum Gasteiger partial charge on any atom is 0.202 e. The number of aromatic hydroxyl groups is 2. The number of Topliss-reactive ketones (excluding diaryl/α,β-unsaturated/α-hetero) is 1. The van der Waals surface area contributed by atoms with Gasteiger partial charge in [-0.25, -0.2) is 0 Å². The fourth-order valence-electron chi connectivity index (χ4n) is 5.82. The third kappa shape index (κ3) is 4.30. The maximum absolute atomic E-state index is 13.7. The second-order valence-electron chi connectivity index (χ2n) is 10.3. The summed E-state index contributed by atoms with van der Waals surface area (Å²) in [7, 11) is 3.06. The molecular weight excluding hydrogens is 510 g/mol. The number of methoxy groups -OCH3 is 1. The Hall–Kier alpha value is -3.35. The molecule has 0 spiro atoms. The number of phenols is 2. The second kappa shape index (κ2) is 10.00. The molecule has 11 heteroatoms. The third-order valence-corrected chi connectivity index (χ3v) is 7.91. The summed E-state index contributed by atoms with van der Waals surface area (Å²) >= 11 is 0. The van der Waals surface area contributed by atoms with E-state index in [1.807, 2.05) is 0 Å². The Bertz CT molecular complexity index is 1370. The molecule has 5 N–H and O–H groups in total. The fraction of sp³-hybridized carbons (Fsp3) is 0.464. The lowest BCUT2D eigenvalue weighted by Crippen LogP contribution is -2.48. The molecule has 5 atom stereocenters. The van der Waals surface area contributed by atoms with Gasteiger partial charge in [-0.3, -0.25) is 14.4 Å². The van der Waals surface area contributed by atoms with Crippen LogP contribution < -0.4 is 10.1 Å². The van der Waals surface area contributed by atoms with Crippen LogP contribution in [0, 0.1) is 0 Å². The van der Waals surface area contributed by atoms with Gasteiger partial charge in [0.05, 0.1) is 42.1 Å². The van der Waals surface area contributed by atoms with Crippen molar-refractivity contribution in [2.24, 2.45) is 0 Å². The topological polar surface area (TPSA) is 172 Å². The van der Waals surface area contributed by atoms with E-state index in [2.05, 4.69) is 5.32 Å². The zero-order chi connectivity index (χ0) is 28.2. The first-order chi connectivity index (χ1) is 18.5. The Morgan fingerprint density at radius 1 is 1.13 bits per heavy atom. The lowest BCUT2D eigenvalue weighted by Gasteiger charge is -2.41. The molecule has 208 valence electrons. The summed E-state index contributed by atoms with van der Waals surface area (Å²) in [5, 5.41) is 47.3. The molecule has 1 heterocycles. The van der Waals surface area contributed by atoms with Crippen molar-refractivity contribution < 1.29 is 49.0 Å². The molecule has 2 aromatic carbocycles. The van der Waals surface area contributed by atoms with Crippen LogP contribution in [0.4, 0.5) is 0 Å². The fourth-order valence-corrected chi connectivity index (χ4v) is 5.82. The number of fused-ring (bicyclic) bond motifs is 3. The van der Waals surface area contributed by atoms with Gasteiger partial charge in [0.1, 0.15) is 22.8 Å². The van der Waals surface area contributed by atoms with Crippen LogP contribution in [0.25, 0.3) is 0 Å². The number of aliphatic hydroxyl groups is 2. The molecule has 1 fully saturated rings. The summed E-state index contributed by atoms with van der Waals surface area (Å²) in [5.74, 6) is -3.06. The van der Waals surface area contributed by atoms with Gasteiger partial charge in [-0.05, 0) is 26.5 Å². The number of hydrogen-bond donors (Lipinski definition) is 5. The molecule has 2 aliphatic carbocycles. The van der Waals surface area contributed by atoms with E-state index in [0.29, 0.717) is 13.0 Å². The Morgan fingerprint density at radius 3 is 2.51 bits per heavy atom. The van der Waals surface area contributed by atoms with Crippen molar-refractivity contribution in [3.8, 4) is 17.2 Å². The Kier molecular flexibility index (Phi) is 6.98. The first-order valence-corrected chi connectivity index (χ1v) is 12.8. The van der Waals surface area contributed by atoms with Gasteiger partial charge in [0.2, 0.25) is 5.78 Å². The summed E-state index contributed by atoms with van der Waals surface area (Å²) in [5.41, 5.74) is -2.89. The monoisotopic (exact) mass is 541 g/mol. The minimum absolute atomic E-state index is 0.00308. The Balaban J connectivity index is 1.65. The molecule has 5 rings (SSSR count). The van der Waals surface area contributed by atoms with Gasteiger partial charge in [0, 0.05) is 42.5 Å². The van der Waals surface area contributed by atoms with Gasteiger partial charge < -0.3 is 40.0 Å². The van der Waals surface area contributed by atoms with Crippen LogP contribution in [0.1, 0.15) is 75.3 Å². The summed E-state index contributed by atoms with van der Waals surface area (Å²) in [6, 6.07) is 4.47. The van der Waals surface area contributed by atoms with Gasteiger partial charge in [0.25, 0.3) is 0 Å². The van der Waals surface area contributed by atoms with Gasteiger partial charge >= 0.3 is 0 Å². The highest BCUT2D eigenvalue weighted by Gasteiger charge is 2.49. The van der Waals surface area contributed by atoms with Crippen molar-refractivity contribution in [2.45, 2.75) is 62.8 Å². The molecule has 0 bridgehead atoms. The second-order valence-corrected chi connectivity index (χ2v) is 10.3. The van der Waals surface area contributed by atoms with Gasteiger partial charge in [-0.2, -0.15) is 0 Å². The number of likely N-dealkylation sites (N-methyl/N-ethyl adjacent to an activating group) is 1. The highest BCUT2D eigenvalue weighted by molar-refractivity contribution is 6.31. The molecule has 11 nitrogen and oxygen atoms in total. The first kappa shape index (κ1) is 27.2. The number of hydrogen-bond acceptors (Lipinski definition) is 11. The van der Waals surface area contributed by atoms with Crippen LogP contribution in [0.15, 0.2) is 18.2 Å². The van der Waals surface area contributed by atoms with Gasteiger partial charge in [-0.15, -0.1) is 0 Å². The normalized spacial score (nSPS) is 27.9. The van der Waals surface area contributed by atoms with Crippen LogP contribution in [0.3, 0.4) is 0 Å². The van der Waals surface area contributed by atoms with Crippen LogP contribution in [0.2, 0.25) is 0 Å². The summed E-state index contributed by atoms with van der Waals surface area (Å²) in [4.78, 5) is 39.7. The third-order valence-electron chi connectivity index (χ3n) is 7.91. The molecule has 0 saturated carbocycles. The Labute approximate surface area is 224 Å². The van der Waals surface area contributed by atoms with E-state index in [-0.39, 0.29) is 40.8 Å². The quantitative estimate of drug-likeness (QED) is 0.285. The van der Waals surface area contributed by atoms with Gasteiger partial charge in [0.15, 0.2) is 17.9 Å². The molecule has 3 aliphatic rings. The lowest BCUT2D eigenvalue weighted by atomic mass is 9.72. The predicted molar refractivity (Wildman–Crippen MR) is 135 cm³/mol. The van der Waals surface area contributed by atoms with Crippen molar-refractivity contribution >= 4 is 17.3 Å². The van der Waals surface area contributed by atoms with E-state index in [0.717, 1.165) is 0 Å². The van der Waals surface area contributed by atoms with E-state index in [4.69, 9.17) is 14.2 Å². The number of nitrogens with one attached hydrogen (secondary N) is 1. The SMILES string of the molecule is CNCC1O[C@@H](O[C@H]2C[C@](O)(C(C)=O)Cc3c(O)c4c(c(O)c32)C(=O)c2c(OC)cccc2C4=O)CC[C@@H]1O. The van der Waals surface area contributed by atoms with E-state index in [1.54, 1.807) is 7.05 Å². The molecule has 0 radical (unpaired) electrons. The smallest absolute Gasteiger partial charge is 0.202 e. The van der Waals surface area contributed by atoms with Crippen molar-refractivity contribution in [1.29, 1.82) is 0 Å². The number of aliphatic hydroxyl groups excluding tert-OH is 1. The summed E-state index contributed by atoms with van der Waals surface area (Å²) in [6.45, 7) is 1.54. The average Bonchev–Trinajstić information content (AvgIpc) is 2.90. The van der Waals surface area contributed by atoms with E-state index >= 15 is 0 Å². The molecule has 39 heavy (non-hydrogen) atoms. The highest BCUT2D eigenvalue weighted by atomic mass is 16.7. The number of benzene rings is 2. The summed E-state index contributed by atoms with van der Waals surface area (Å²) < 4.78 is 17.4. The molecule has 0 amide bonds. The predicted octanol–water partition coefficient (Wildman–Crippen LogP) is 1.29. The molecule has 2 aromatic rings. The number of phenolic OH excluding ortho intramolecular Hbond substituents is 2. The number of rotatable bonds is 6. The molecular formula is C28H31NO10. The minimum Gasteiger partial charge on any atom is -0.507 e. The number of carbonyl (C=O) groups excluding carboxylic acids is 3. The van der Waals surface area contributed by atoms with Crippen LogP contribution in [-0.4, -0.2) is 82.6 Å². The van der Waals surface area contributed by atoms with Crippen molar-refractivity contribution in [1.82, 2.24) is 5.32 Å².